The quantitative estimate of drug-likeness (QED) is 0.449. The third-order valence-electron chi connectivity index (χ3n) is 6.77. The van der Waals surface area contributed by atoms with Crippen molar-refractivity contribution in [2.75, 3.05) is 74.6 Å². The molecule has 1 fully saturated rings. The van der Waals surface area contributed by atoms with Crippen molar-refractivity contribution >= 4 is 28.9 Å². The van der Waals surface area contributed by atoms with Gasteiger partial charge in [-0.1, -0.05) is 39.8 Å². The van der Waals surface area contributed by atoms with Gasteiger partial charge in [-0.25, -0.2) is 0 Å². The number of ether oxygens (including phenoxy) is 1. The summed E-state index contributed by atoms with van der Waals surface area (Å²) in [5, 5.41) is 6.06. The molecule has 1 aliphatic heterocycles. The number of piperazine rings is 1. The van der Waals surface area contributed by atoms with Gasteiger partial charge in [-0.2, -0.15) is 0 Å². The van der Waals surface area contributed by atoms with Crippen molar-refractivity contribution in [1.29, 1.82) is 0 Å². The van der Waals surface area contributed by atoms with Gasteiger partial charge in [-0.15, -0.1) is 0 Å². The molecule has 2 aromatic carbocycles. The summed E-state index contributed by atoms with van der Waals surface area (Å²) in [5.41, 5.74) is 3.22. The number of para-hydroxylation sites is 2. The van der Waals surface area contributed by atoms with Crippen LogP contribution in [0.25, 0.3) is 0 Å². The number of likely N-dealkylation sites (N-methyl/N-ethyl adjacent to an activating group) is 1. The molecule has 8 nitrogen and oxygen atoms in total. The second-order valence-corrected chi connectivity index (χ2v) is 9.81. The molecule has 1 heterocycles. The van der Waals surface area contributed by atoms with E-state index in [-0.39, 0.29) is 17.7 Å². The Labute approximate surface area is 222 Å². The van der Waals surface area contributed by atoms with Crippen molar-refractivity contribution in [2.45, 2.75) is 34.1 Å². The van der Waals surface area contributed by atoms with Crippen LogP contribution in [0.1, 0.15) is 44.5 Å². The van der Waals surface area contributed by atoms with E-state index in [1.165, 1.54) is 0 Å². The van der Waals surface area contributed by atoms with E-state index in [2.05, 4.69) is 45.2 Å². The van der Waals surface area contributed by atoms with Crippen molar-refractivity contribution in [3.05, 3.63) is 48.0 Å². The summed E-state index contributed by atoms with van der Waals surface area (Å²) in [5.74, 6) is 0.975. The summed E-state index contributed by atoms with van der Waals surface area (Å²) < 4.78 is 5.55. The molecule has 202 valence electrons. The lowest BCUT2D eigenvalue weighted by molar-refractivity contribution is -0.116. The van der Waals surface area contributed by atoms with Crippen molar-refractivity contribution in [3.8, 4) is 5.75 Å². The molecule has 0 spiro atoms. The fourth-order valence-corrected chi connectivity index (χ4v) is 4.70. The summed E-state index contributed by atoms with van der Waals surface area (Å²) in [6, 6.07) is 13.7. The average molecular weight is 510 g/mol. The second-order valence-electron chi connectivity index (χ2n) is 9.81. The minimum Gasteiger partial charge on any atom is -0.495 e. The highest BCUT2D eigenvalue weighted by atomic mass is 16.5. The van der Waals surface area contributed by atoms with Crippen LogP contribution in [0.15, 0.2) is 42.5 Å². The molecule has 0 radical (unpaired) electrons. The third-order valence-corrected chi connectivity index (χ3v) is 6.77. The van der Waals surface area contributed by atoms with E-state index in [1.807, 2.05) is 50.2 Å². The van der Waals surface area contributed by atoms with Gasteiger partial charge in [0.05, 0.1) is 18.4 Å². The third kappa shape index (κ3) is 7.86. The summed E-state index contributed by atoms with van der Waals surface area (Å²) in [6.45, 7) is 14.7. The fraction of sp³-hybridized carbons (Fsp3) is 0.517. The van der Waals surface area contributed by atoms with Crippen LogP contribution in [-0.2, 0) is 4.79 Å². The number of carbonyl (C=O) groups excluding carboxylic acids is 2. The molecule has 3 rings (SSSR count). The van der Waals surface area contributed by atoms with E-state index < -0.39 is 0 Å². The Hall–Kier alpha value is -3.26. The Balaban J connectivity index is 1.77. The van der Waals surface area contributed by atoms with Crippen molar-refractivity contribution in [2.24, 2.45) is 5.92 Å². The van der Waals surface area contributed by atoms with Crippen LogP contribution in [-0.4, -0.2) is 76.2 Å². The standard InChI is InChI=1S/C29H43N5O3/c1-6-32(7-2)15-14-30-29(36)24-21-23(31-28(35)20-22(3)4)12-13-25(24)33-16-18-34(19-17-33)26-10-8-9-11-27(26)37-5/h8-13,21-22H,6-7,14-20H2,1-5H3,(H,30,36)(H,31,35). The average Bonchev–Trinajstić information content (AvgIpc) is 2.90. The normalized spacial score (nSPS) is 13.7. The fourth-order valence-electron chi connectivity index (χ4n) is 4.70. The number of hydrogen-bond acceptors (Lipinski definition) is 6. The van der Waals surface area contributed by atoms with Crippen molar-refractivity contribution < 1.29 is 14.3 Å². The molecule has 0 aliphatic carbocycles. The van der Waals surface area contributed by atoms with Crippen LogP contribution in [0.2, 0.25) is 0 Å². The highest BCUT2D eigenvalue weighted by Crippen LogP contribution is 2.31. The van der Waals surface area contributed by atoms with Gasteiger partial charge < -0.3 is 30.1 Å². The predicted molar refractivity (Wildman–Crippen MR) is 152 cm³/mol. The zero-order valence-corrected chi connectivity index (χ0v) is 23.0. The smallest absolute Gasteiger partial charge is 0.253 e. The molecule has 2 amide bonds. The number of rotatable bonds is 12. The largest absolute Gasteiger partial charge is 0.495 e. The Morgan fingerprint density at radius 1 is 0.973 bits per heavy atom. The number of methoxy groups -OCH3 is 1. The molecule has 37 heavy (non-hydrogen) atoms. The Morgan fingerprint density at radius 3 is 2.24 bits per heavy atom. The van der Waals surface area contributed by atoms with Gasteiger partial charge in [0, 0.05) is 57.1 Å². The number of carbonyl (C=O) groups is 2. The van der Waals surface area contributed by atoms with E-state index in [9.17, 15) is 9.59 Å². The minimum absolute atomic E-state index is 0.0407. The molecule has 0 saturated carbocycles. The van der Waals surface area contributed by atoms with E-state index in [0.717, 1.165) is 62.9 Å². The number of hydrogen-bond donors (Lipinski definition) is 2. The van der Waals surface area contributed by atoms with Crippen LogP contribution < -0.4 is 25.2 Å². The molecule has 2 aromatic rings. The van der Waals surface area contributed by atoms with Gasteiger partial charge in [0.15, 0.2) is 0 Å². The first-order valence-electron chi connectivity index (χ1n) is 13.4. The van der Waals surface area contributed by atoms with Gasteiger partial charge >= 0.3 is 0 Å². The van der Waals surface area contributed by atoms with E-state index in [4.69, 9.17) is 4.74 Å². The van der Waals surface area contributed by atoms with Crippen LogP contribution in [0, 0.1) is 5.92 Å². The van der Waals surface area contributed by atoms with Gasteiger partial charge in [-0.05, 0) is 49.3 Å². The molecule has 0 aromatic heterocycles. The van der Waals surface area contributed by atoms with Gasteiger partial charge in [0.25, 0.3) is 5.91 Å². The second kappa shape index (κ2) is 13.9. The summed E-state index contributed by atoms with van der Waals surface area (Å²) in [4.78, 5) is 32.6. The molecule has 2 N–H and O–H groups in total. The van der Waals surface area contributed by atoms with Crippen molar-refractivity contribution in [3.63, 3.8) is 0 Å². The minimum atomic E-state index is -0.116. The number of amides is 2. The number of nitrogens with one attached hydrogen (secondary N) is 2. The SMILES string of the molecule is CCN(CC)CCNC(=O)c1cc(NC(=O)CC(C)C)ccc1N1CCN(c2ccccc2OC)CC1. The van der Waals surface area contributed by atoms with Crippen LogP contribution in [0.4, 0.5) is 17.1 Å². The summed E-state index contributed by atoms with van der Waals surface area (Å²) in [7, 11) is 1.70. The van der Waals surface area contributed by atoms with Crippen LogP contribution >= 0.6 is 0 Å². The summed E-state index contributed by atoms with van der Waals surface area (Å²) in [6.07, 6.45) is 0.443. The van der Waals surface area contributed by atoms with Crippen LogP contribution in [0.3, 0.4) is 0 Å². The Bertz CT molecular complexity index is 1030. The maximum atomic E-state index is 13.4. The lowest BCUT2D eigenvalue weighted by atomic mass is 10.1. The number of nitrogens with zero attached hydrogens (tertiary/aromatic N) is 3. The molecule has 8 heteroatoms. The van der Waals surface area contributed by atoms with Crippen molar-refractivity contribution in [1.82, 2.24) is 10.2 Å². The van der Waals surface area contributed by atoms with Gasteiger partial charge in [0.1, 0.15) is 5.75 Å². The highest BCUT2D eigenvalue weighted by Gasteiger charge is 2.24. The van der Waals surface area contributed by atoms with Gasteiger partial charge in [0.2, 0.25) is 5.91 Å². The molecular formula is C29H43N5O3. The topological polar surface area (TPSA) is 77.2 Å². The van der Waals surface area contributed by atoms with E-state index in [0.29, 0.717) is 24.2 Å². The zero-order chi connectivity index (χ0) is 26.8. The highest BCUT2D eigenvalue weighted by molar-refractivity contribution is 6.02. The van der Waals surface area contributed by atoms with Crippen LogP contribution in [0.5, 0.6) is 5.75 Å². The molecular weight excluding hydrogens is 466 g/mol. The van der Waals surface area contributed by atoms with Gasteiger partial charge in [-0.3, -0.25) is 9.59 Å². The lowest BCUT2D eigenvalue weighted by Crippen LogP contribution is -2.47. The molecule has 0 atom stereocenters. The summed E-state index contributed by atoms with van der Waals surface area (Å²) >= 11 is 0. The monoisotopic (exact) mass is 509 g/mol. The zero-order valence-electron chi connectivity index (χ0n) is 23.0. The molecule has 0 unspecified atom stereocenters. The Kier molecular flexibility index (Phi) is 10.6. The molecule has 1 aliphatic rings. The lowest BCUT2D eigenvalue weighted by Gasteiger charge is -2.38. The first-order valence-corrected chi connectivity index (χ1v) is 13.4. The number of anilines is 3. The predicted octanol–water partition coefficient (Wildman–Crippen LogP) is 4.08. The first-order chi connectivity index (χ1) is 17.9. The van der Waals surface area contributed by atoms with E-state index >= 15 is 0 Å². The number of benzene rings is 2. The molecule has 1 saturated heterocycles. The van der Waals surface area contributed by atoms with E-state index in [1.54, 1.807) is 7.11 Å². The maximum absolute atomic E-state index is 13.4. The first kappa shape index (κ1) is 28.3. The maximum Gasteiger partial charge on any atom is 0.253 e. The Morgan fingerprint density at radius 2 is 1.62 bits per heavy atom. The molecule has 0 bridgehead atoms.